The summed E-state index contributed by atoms with van der Waals surface area (Å²) in [5.74, 6) is -0.0315. The Labute approximate surface area is 136 Å². The van der Waals surface area contributed by atoms with E-state index in [4.69, 9.17) is 0 Å². The maximum absolute atomic E-state index is 11.1. The van der Waals surface area contributed by atoms with Crippen LogP contribution in [0.1, 0.15) is 34.3 Å². The van der Waals surface area contributed by atoms with Gasteiger partial charge in [0, 0.05) is 5.92 Å². The van der Waals surface area contributed by atoms with E-state index >= 15 is 0 Å². The molecule has 0 bridgehead atoms. The molecule has 1 aliphatic rings. The van der Waals surface area contributed by atoms with Crippen molar-refractivity contribution in [3.05, 3.63) is 107 Å². The molecule has 2 atom stereocenters. The molecule has 0 saturated carbocycles. The van der Waals surface area contributed by atoms with E-state index in [9.17, 15) is 5.11 Å². The zero-order chi connectivity index (χ0) is 15.6. The van der Waals surface area contributed by atoms with Gasteiger partial charge in [0.1, 0.15) is 0 Å². The van der Waals surface area contributed by atoms with Crippen LogP contribution >= 0.6 is 0 Å². The molecule has 0 saturated heterocycles. The molecule has 1 aliphatic carbocycles. The summed E-state index contributed by atoms with van der Waals surface area (Å²) >= 11 is 0. The molecular weight excluding hydrogens is 280 g/mol. The van der Waals surface area contributed by atoms with Crippen LogP contribution in [0.4, 0.5) is 0 Å². The third-order valence-corrected chi connectivity index (χ3v) is 4.54. The summed E-state index contributed by atoms with van der Waals surface area (Å²) in [6.07, 6.45) is 1.66. The van der Waals surface area contributed by atoms with Crippen LogP contribution in [0, 0.1) is 0 Å². The fourth-order valence-electron chi connectivity index (χ4n) is 3.43. The van der Waals surface area contributed by atoms with Crippen molar-refractivity contribution < 1.29 is 5.11 Å². The SMILES string of the molecule is O[C@H](c1ccccc1)[C@H]1C(c2ccccc2)=Cc2ccccc21. The lowest BCUT2D eigenvalue weighted by Gasteiger charge is -2.23. The Kier molecular flexibility index (Phi) is 3.57. The highest BCUT2D eigenvalue weighted by Crippen LogP contribution is 2.48. The third kappa shape index (κ3) is 2.49. The van der Waals surface area contributed by atoms with Crippen LogP contribution in [-0.4, -0.2) is 5.11 Å². The minimum Gasteiger partial charge on any atom is -0.387 e. The summed E-state index contributed by atoms with van der Waals surface area (Å²) < 4.78 is 0. The molecule has 4 rings (SSSR count). The lowest BCUT2D eigenvalue weighted by molar-refractivity contribution is 0.166. The Balaban J connectivity index is 1.83. The predicted octanol–water partition coefficient (Wildman–Crippen LogP) is 5.06. The monoisotopic (exact) mass is 298 g/mol. The van der Waals surface area contributed by atoms with Crippen LogP contribution in [-0.2, 0) is 0 Å². The van der Waals surface area contributed by atoms with Crippen molar-refractivity contribution in [1.82, 2.24) is 0 Å². The summed E-state index contributed by atoms with van der Waals surface area (Å²) in [5.41, 5.74) is 5.71. The molecular formula is C22H18O. The topological polar surface area (TPSA) is 20.2 Å². The van der Waals surface area contributed by atoms with Gasteiger partial charge in [-0.2, -0.15) is 0 Å². The van der Waals surface area contributed by atoms with Crippen molar-refractivity contribution in [3.8, 4) is 0 Å². The smallest absolute Gasteiger partial charge is 0.0899 e. The van der Waals surface area contributed by atoms with Gasteiger partial charge in [-0.05, 0) is 27.8 Å². The van der Waals surface area contributed by atoms with Crippen LogP contribution in [0.15, 0.2) is 84.9 Å². The lowest BCUT2D eigenvalue weighted by atomic mass is 9.84. The zero-order valence-electron chi connectivity index (χ0n) is 12.8. The molecule has 0 amide bonds. The van der Waals surface area contributed by atoms with Crippen molar-refractivity contribution in [3.63, 3.8) is 0 Å². The number of hydrogen-bond acceptors (Lipinski definition) is 1. The lowest BCUT2D eigenvalue weighted by Crippen LogP contribution is -2.11. The van der Waals surface area contributed by atoms with Gasteiger partial charge >= 0.3 is 0 Å². The Morgan fingerprint density at radius 2 is 1.30 bits per heavy atom. The van der Waals surface area contributed by atoms with Crippen LogP contribution in [0.2, 0.25) is 0 Å². The molecule has 0 radical (unpaired) electrons. The standard InChI is InChI=1S/C22H18O/c23-22(17-11-5-2-6-12-17)21-19-14-8-7-13-18(19)15-20(21)16-9-3-1-4-10-16/h1-15,21-23H/t21-,22-/m1/s1. The molecule has 0 spiro atoms. The molecule has 0 unspecified atom stereocenters. The van der Waals surface area contributed by atoms with Crippen molar-refractivity contribution in [2.45, 2.75) is 12.0 Å². The fraction of sp³-hybridized carbons (Fsp3) is 0.0909. The van der Waals surface area contributed by atoms with Gasteiger partial charge in [0.15, 0.2) is 0 Å². The minimum absolute atomic E-state index is 0.0315. The molecule has 0 aliphatic heterocycles. The van der Waals surface area contributed by atoms with Crippen LogP contribution in [0.3, 0.4) is 0 Å². The van der Waals surface area contributed by atoms with E-state index in [0.29, 0.717) is 0 Å². The minimum atomic E-state index is -0.550. The van der Waals surface area contributed by atoms with E-state index in [1.165, 1.54) is 22.3 Å². The summed E-state index contributed by atoms with van der Waals surface area (Å²) in [6.45, 7) is 0. The van der Waals surface area contributed by atoms with Gasteiger partial charge in [-0.15, -0.1) is 0 Å². The summed E-state index contributed by atoms with van der Waals surface area (Å²) in [4.78, 5) is 0. The first-order chi connectivity index (χ1) is 11.3. The van der Waals surface area contributed by atoms with E-state index in [0.717, 1.165) is 5.56 Å². The maximum Gasteiger partial charge on any atom is 0.0899 e. The van der Waals surface area contributed by atoms with Gasteiger partial charge in [-0.3, -0.25) is 0 Å². The average Bonchev–Trinajstić information content (AvgIpc) is 3.02. The molecule has 0 aromatic heterocycles. The molecule has 0 fully saturated rings. The van der Waals surface area contributed by atoms with Crippen molar-refractivity contribution in [2.75, 3.05) is 0 Å². The van der Waals surface area contributed by atoms with Crippen LogP contribution in [0.25, 0.3) is 11.6 Å². The molecule has 1 nitrogen and oxygen atoms in total. The molecule has 3 aromatic carbocycles. The number of rotatable bonds is 3. The molecule has 23 heavy (non-hydrogen) atoms. The average molecular weight is 298 g/mol. The van der Waals surface area contributed by atoms with E-state index < -0.39 is 6.10 Å². The largest absolute Gasteiger partial charge is 0.387 e. The van der Waals surface area contributed by atoms with Gasteiger partial charge in [-0.1, -0.05) is 91.0 Å². The maximum atomic E-state index is 11.1. The van der Waals surface area contributed by atoms with Gasteiger partial charge in [0.05, 0.1) is 6.10 Å². The summed E-state index contributed by atoms with van der Waals surface area (Å²) in [7, 11) is 0. The van der Waals surface area contributed by atoms with E-state index in [1.54, 1.807) is 0 Å². The van der Waals surface area contributed by atoms with Crippen molar-refractivity contribution in [2.24, 2.45) is 0 Å². The highest BCUT2D eigenvalue weighted by atomic mass is 16.3. The van der Waals surface area contributed by atoms with Crippen molar-refractivity contribution in [1.29, 1.82) is 0 Å². The Hall–Kier alpha value is -2.64. The molecule has 3 aromatic rings. The number of hydrogen-bond donors (Lipinski definition) is 1. The quantitative estimate of drug-likeness (QED) is 0.716. The number of aliphatic hydroxyl groups excluding tert-OH is 1. The van der Waals surface area contributed by atoms with Crippen molar-refractivity contribution >= 4 is 11.6 Å². The summed E-state index contributed by atoms with van der Waals surface area (Å²) in [6, 6.07) is 28.6. The van der Waals surface area contributed by atoms with Gasteiger partial charge in [-0.25, -0.2) is 0 Å². The highest BCUT2D eigenvalue weighted by molar-refractivity contribution is 5.92. The van der Waals surface area contributed by atoms with Crippen LogP contribution < -0.4 is 0 Å². The zero-order valence-corrected chi connectivity index (χ0v) is 12.8. The van der Waals surface area contributed by atoms with Gasteiger partial charge in [0.2, 0.25) is 0 Å². The fourth-order valence-corrected chi connectivity index (χ4v) is 3.43. The third-order valence-electron chi connectivity index (χ3n) is 4.54. The second-order valence-electron chi connectivity index (χ2n) is 5.93. The first-order valence-electron chi connectivity index (χ1n) is 7.93. The van der Waals surface area contributed by atoms with E-state index in [-0.39, 0.29) is 5.92 Å². The van der Waals surface area contributed by atoms with Crippen LogP contribution in [0.5, 0.6) is 0 Å². The highest BCUT2D eigenvalue weighted by Gasteiger charge is 2.32. The number of benzene rings is 3. The summed E-state index contributed by atoms with van der Waals surface area (Å²) in [5, 5.41) is 11.1. The van der Waals surface area contributed by atoms with E-state index in [2.05, 4.69) is 36.4 Å². The Morgan fingerprint density at radius 3 is 2.04 bits per heavy atom. The number of fused-ring (bicyclic) bond motifs is 1. The first kappa shape index (κ1) is 14.0. The van der Waals surface area contributed by atoms with Gasteiger partial charge < -0.3 is 5.11 Å². The normalized spacial score (nSPS) is 17.4. The Bertz CT molecular complexity index is 834. The Morgan fingerprint density at radius 1 is 0.696 bits per heavy atom. The molecule has 1 heteroatoms. The second kappa shape index (κ2) is 5.86. The second-order valence-corrected chi connectivity index (χ2v) is 5.93. The molecule has 112 valence electrons. The molecule has 1 N–H and O–H groups in total. The predicted molar refractivity (Wildman–Crippen MR) is 94.9 cm³/mol. The number of aliphatic hydroxyl groups is 1. The molecule has 0 heterocycles. The van der Waals surface area contributed by atoms with E-state index in [1.807, 2.05) is 54.6 Å². The van der Waals surface area contributed by atoms with Gasteiger partial charge in [0.25, 0.3) is 0 Å². The first-order valence-corrected chi connectivity index (χ1v) is 7.93.